The zero-order valence-corrected chi connectivity index (χ0v) is 17.7. The fourth-order valence-electron chi connectivity index (χ4n) is 2.58. The third-order valence-electron chi connectivity index (χ3n) is 3.92. The molecule has 0 saturated heterocycles. The Balaban J connectivity index is 1.96. The maximum atomic E-state index is 12.5. The summed E-state index contributed by atoms with van der Waals surface area (Å²) in [7, 11) is -3.92. The second-order valence-corrected chi connectivity index (χ2v) is 8.36. The van der Waals surface area contributed by atoms with Crippen LogP contribution in [0.4, 0.5) is 11.4 Å². The van der Waals surface area contributed by atoms with E-state index in [9.17, 15) is 22.8 Å². The summed E-state index contributed by atoms with van der Waals surface area (Å²) in [5.74, 6) is -0.973. The van der Waals surface area contributed by atoms with Crippen molar-refractivity contribution in [2.75, 3.05) is 10.6 Å². The summed E-state index contributed by atoms with van der Waals surface area (Å²) in [6.45, 7) is 4.36. The van der Waals surface area contributed by atoms with E-state index in [-0.39, 0.29) is 23.3 Å². The first-order valence-corrected chi connectivity index (χ1v) is 10.6. The van der Waals surface area contributed by atoms with Crippen LogP contribution >= 0.6 is 0 Å². The van der Waals surface area contributed by atoms with Crippen molar-refractivity contribution >= 4 is 39.1 Å². The minimum absolute atomic E-state index is 0.0285. The Labute approximate surface area is 175 Å². The first-order valence-electron chi connectivity index (χ1n) is 9.11. The summed E-state index contributed by atoms with van der Waals surface area (Å²) in [5, 5.41) is 7.86. The molecule has 0 spiro atoms. The van der Waals surface area contributed by atoms with Crippen LogP contribution in [0.3, 0.4) is 0 Å². The monoisotopic (exact) mass is 432 g/mol. The lowest BCUT2D eigenvalue weighted by Gasteiger charge is -2.15. The van der Waals surface area contributed by atoms with Crippen molar-refractivity contribution < 1.29 is 22.8 Å². The summed E-state index contributed by atoms with van der Waals surface area (Å²) in [4.78, 5) is 34.5. The van der Waals surface area contributed by atoms with E-state index < -0.39 is 22.0 Å². The van der Waals surface area contributed by atoms with Gasteiger partial charge in [0.15, 0.2) is 0 Å². The van der Waals surface area contributed by atoms with Crippen LogP contribution < -0.4 is 20.7 Å². The van der Waals surface area contributed by atoms with Gasteiger partial charge in [-0.3, -0.25) is 14.4 Å². The Hall–Kier alpha value is -3.24. The predicted octanol–water partition coefficient (Wildman–Crippen LogP) is 1.59. The van der Waals surface area contributed by atoms with Crippen LogP contribution in [0.5, 0.6) is 0 Å². The molecule has 0 heterocycles. The third-order valence-corrected chi connectivity index (χ3v) is 5.48. The van der Waals surface area contributed by atoms with Crippen LogP contribution in [-0.2, 0) is 31.0 Å². The van der Waals surface area contributed by atoms with Crippen molar-refractivity contribution in [3.05, 3.63) is 54.1 Å². The molecule has 4 N–H and O–H groups in total. The molecule has 2 aromatic carbocycles. The smallest absolute Gasteiger partial charge is 0.241 e. The molecule has 0 fully saturated rings. The fraction of sp³-hybridized carbons (Fsp3) is 0.250. The molecule has 0 aliphatic rings. The van der Waals surface area contributed by atoms with Gasteiger partial charge in [-0.2, -0.15) is 4.72 Å². The normalized spacial score (nSPS) is 12.0. The molecule has 3 amide bonds. The topological polar surface area (TPSA) is 133 Å². The summed E-state index contributed by atoms with van der Waals surface area (Å²) in [5.41, 5.74) is 1.82. The first kappa shape index (κ1) is 23.0. The molecule has 10 heteroatoms. The maximum absolute atomic E-state index is 12.5. The van der Waals surface area contributed by atoms with E-state index in [0.29, 0.717) is 11.4 Å². The summed E-state index contributed by atoms with van der Waals surface area (Å²) >= 11 is 0. The van der Waals surface area contributed by atoms with Crippen LogP contribution in [0.1, 0.15) is 26.3 Å². The number of benzene rings is 2. The number of anilines is 2. The van der Waals surface area contributed by atoms with Gasteiger partial charge in [0, 0.05) is 31.8 Å². The lowest BCUT2D eigenvalue weighted by atomic mass is 10.2. The number of nitrogens with one attached hydrogen (secondary N) is 4. The summed E-state index contributed by atoms with van der Waals surface area (Å²) < 4.78 is 27.3. The minimum Gasteiger partial charge on any atom is -0.351 e. The number of rotatable bonds is 8. The van der Waals surface area contributed by atoms with Gasteiger partial charge in [-0.05, 0) is 48.9 Å². The van der Waals surface area contributed by atoms with Crippen LogP contribution in [0.25, 0.3) is 0 Å². The van der Waals surface area contributed by atoms with Gasteiger partial charge < -0.3 is 16.0 Å². The highest BCUT2D eigenvalue weighted by Gasteiger charge is 2.22. The lowest BCUT2D eigenvalue weighted by molar-refractivity contribution is -0.122. The van der Waals surface area contributed by atoms with Crippen molar-refractivity contribution in [3.8, 4) is 0 Å². The van der Waals surface area contributed by atoms with Gasteiger partial charge in [-0.25, -0.2) is 8.42 Å². The number of amides is 3. The highest BCUT2D eigenvalue weighted by molar-refractivity contribution is 7.89. The van der Waals surface area contributed by atoms with Gasteiger partial charge in [-0.15, -0.1) is 0 Å². The zero-order chi connectivity index (χ0) is 22.3. The molecule has 0 saturated carbocycles. The third kappa shape index (κ3) is 6.98. The van der Waals surface area contributed by atoms with E-state index in [0.717, 1.165) is 5.56 Å². The average Bonchev–Trinajstić information content (AvgIpc) is 2.65. The number of hydrogen-bond donors (Lipinski definition) is 4. The van der Waals surface area contributed by atoms with E-state index in [1.807, 2.05) is 0 Å². The Bertz CT molecular complexity index is 1040. The second-order valence-electron chi connectivity index (χ2n) is 6.65. The molecule has 2 aromatic rings. The molecule has 0 aromatic heterocycles. The summed E-state index contributed by atoms with van der Waals surface area (Å²) in [6.07, 6.45) is 0. The highest BCUT2D eigenvalue weighted by Crippen LogP contribution is 2.15. The first-order chi connectivity index (χ1) is 14.1. The van der Waals surface area contributed by atoms with Gasteiger partial charge in [0.1, 0.15) is 0 Å². The van der Waals surface area contributed by atoms with Crippen LogP contribution in [0.15, 0.2) is 53.4 Å². The molecule has 0 aliphatic heterocycles. The van der Waals surface area contributed by atoms with Gasteiger partial charge >= 0.3 is 0 Å². The number of carbonyl (C=O) groups excluding carboxylic acids is 3. The van der Waals surface area contributed by atoms with Crippen molar-refractivity contribution in [3.63, 3.8) is 0 Å². The van der Waals surface area contributed by atoms with E-state index in [1.165, 1.54) is 45.0 Å². The van der Waals surface area contributed by atoms with Crippen LogP contribution in [0, 0.1) is 0 Å². The number of sulfonamides is 1. The molecule has 30 heavy (non-hydrogen) atoms. The average molecular weight is 433 g/mol. The largest absolute Gasteiger partial charge is 0.351 e. The van der Waals surface area contributed by atoms with E-state index in [2.05, 4.69) is 20.7 Å². The summed E-state index contributed by atoms with van der Waals surface area (Å²) in [6, 6.07) is 11.5. The SMILES string of the molecule is CC(=O)Nc1ccc(S(=O)(=O)N[C@@H](C)C(=O)NCc2cccc(NC(C)=O)c2)cc1. The molecule has 0 bridgehead atoms. The highest BCUT2D eigenvalue weighted by atomic mass is 32.2. The van der Waals surface area contributed by atoms with Crippen molar-refractivity contribution in [1.82, 2.24) is 10.0 Å². The number of hydrogen-bond acceptors (Lipinski definition) is 5. The maximum Gasteiger partial charge on any atom is 0.241 e. The van der Waals surface area contributed by atoms with Gasteiger partial charge in [0.05, 0.1) is 10.9 Å². The lowest BCUT2D eigenvalue weighted by Crippen LogP contribution is -2.44. The van der Waals surface area contributed by atoms with Crippen molar-refractivity contribution in [1.29, 1.82) is 0 Å². The molecule has 160 valence electrons. The van der Waals surface area contributed by atoms with Crippen molar-refractivity contribution in [2.24, 2.45) is 0 Å². The Morgan fingerprint density at radius 1 is 0.900 bits per heavy atom. The molecule has 2 rings (SSSR count). The number of carbonyl (C=O) groups is 3. The molecule has 0 radical (unpaired) electrons. The minimum atomic E-state index is -3.92. The molecule has 9 nitrogen and oxygen atoms in total. The fourth-order valence-corrected chi connectivity index (χ4v) is 3.78. The Morgan fingerprint density at radius 3 is 2.10 bits per heavy atom. The molecular weight excluding hydrogens is 408 g/mol. The van der Waals surface area contributed by atoms with Crippen LogP contribution in [-0.4, -0.2) is 32.2 Å². The van der Waals surface area contributed by atoms with E-state index in [1.54, 1.807) is 24.3 Å². The van der Waals surface area contributed by atoms with Crippen molar-refractivity contribution in [2.45, 2.75) is 38.3 Å². The second kappa shape index (κ2) is 9.99. The Morgan fingerprint density at radius 2 is 1.50 bits per heavy atom. The standard InChI is InChI=1S/C20H24N4O5S/c1-13(20(27)21-12-16-5-4-6-18(11-16)23-15(3)26)24-30(28,29)19-9-7-17(8-10-19)22-14(2)25/h4-11,13,24H,12H2,1-3H3,(H,21,27)(H,22,25)(H,23,26)/t13-/m0/s1. The van der Waals surface area contributed by atoms with Crippen LogP contribution in [0.2, 0.25) is 0 Å². The van der Waals surface area contributed by atoms with Gasteiger partial charge in [0.25, 0.3) is 0 Å². The van der Waals surface area contributed by atoms with Gasteiger partial charge in [-0.1, -0.05) is 12.1 Å². The predicted molar refractivity (Wildman–Crippen MR) is 113 cm³/mol. The van der Waals surface area contributed by atoms with E-state index in [4.69, 9.17) is 0 Å². The molecular formula is C20H24N4O5S. The Kier molecular flexibility index (Phi) is 7.67. The molecule has 0 unspecified atom stereocenters. The molecule has 0 aliphatic carbocycles. The van der Waals surface area contributed by atoms with Gasteiger partial charge in [0.2, 0.25) is 27.7 Å². The van der Waals surface area contributed by atoms with E-state index >= 15 is 0 Å². The molecule has 1 atom stereocenters. The quantitative estimate of drug-likeness (QED) is 0.503. The zero-order valence-electron chi connectivity index (χ0n) is 16.9.